The highest BCUT2D eigenvalue weighted by molar-refractivity contribution is 7.89. The van der Waals surface area contributed by atoms with Crippen molar-refractivity contribution in [2.45, 2.75) is 18.4 Å². The molecule has 114 valence electrons. The number of sulfonamides is 1. The third-order valence-corrected chi connectivity index (χ3v) is 4.90. The van der Waals surface area contributed by atoms with Crippen molar-refractivity contribution in [2.24, 2.45) is 7.05 Å². The molecule has 0 radical (unpaired) electrons. The van der Waals surface area contributed by atoms with Crippen LogP contribution < -0.4 is 5.73 Å². The molecule has 0 aliphatic rings. The molecule has 0 aliphatic heterocycles. The third kappa shape index (κ3) is 3.06. The summed E-state index contributed by atoms with van der Waals surface area (Å²) in [6, 6.07) is 2.53. The van der Waals surface area contributed by atoms with Gasteiger partial charge in [-0.05, 0) is 24.6 Å². The minimum atomic E-state index is -3.96. The number of rotatable bonds is 4. The van der Waals surface area contributed by atoms with Crippen molar-refractivity contribution in [3.05, 3.63) is 41.5 Å². The minimum absolute atomic E-state index is 0.101. The summed E-state index contributed by atoms with van der Waals surface area (Å²) in [7, 11) is -0.838. The first-order valence-corrected chi connectivity index (χ1v) is 7.65. The fourth-order valence-electron chi connectivity index (χ4n) is 2.02. The van der Waals surface area contributed by atoms with Gasteiger partial charge in [-0.15, -0.1) is 0 Å². The molecule has 6 nitrogen and oxygen atoms in total. The van der Waals surface area contributed by atoms with E-state index in [0.717, 1.165) is 10.4 Å². The molecular weight excluding hydrogens is 295 g/mol. The Morgan fingerprint density at radius 2 is 2.10 bits per heavy atom. The summed E-state index contributed by atoms with van der Waals surface area (Å²) in [4.78, 5) is -0.411. The molecule has 0 aliphatic carbocycles. The number of hydrogen-bond acceptors (Lipinski definition) is 4. The number of hydrogen-bond donors (Lipinski definition) is 1. The smallest absolute Gasteiger partial charge is 0.246 e. The molecule has 0 fully saturated rings. The number of nitrogens with zero attached hydrogens (tertiary/aromatic N) is 3. The second-order valence-electron chi connectivity index (χ2n) is 4.93. The summed E-state index contributed by atoms with van der Waals surface area (Å²) < 4.78 is 41.7. The van der Waals surface area contributed by atoms with E-state index in [-0.39, 0.29) is 17.8 Å². The standard InChI is InChI=1S/C13H17FN4O2S/c1-9-4-11(15)5-12(13(9)14)21(19,20)18(3)8-10-6-16-17(2)7-10/h4-7H,8,15H2,1-3H3. The zero-order chi connectivity index (χ0) is 15.8. The zero-order valence-corrected chi connectivity index (χ0v) is 12.9. The predicted molar refractivity (Wildman–Crippen MR) is 77.4 cm³/mol. The summed E-state index contributed by atoms with van der Waals surface area (Å²) in [5, 5.41) is 3.97. The molecule has 1 aromatic heterocycles. The van der Waals surface area contributed by atoms with E-state index in [2.05, 4.69) is 5.10 Å². The monoisotopic (exact) mass is 312 g/mol. The largest absolute Gasteiger partial charge is 0.399 e. The molecule has 2 rings (SSSR count). The van der Waals surface area contributed by atoms with Crippen molar-refractivity contribution in [3.63, 3.8) is 0 Å². The topological polar surface area (TPSA) is 81.2 Å². The minimum Gasteiger partial charge on any atom is -0.399 e. The van der Waals surface area contributed by atoms with Crippen LogP contribution in [0.5, 0.6) is 0 Å². The lowest BCUT2D eigenvalue weighted by molar-refractivity contribution is 0.459. The van der Waals surface area contributed by atoms with E-state index < -0.39 is 20.7 Å². The Bertz CT molecular complexity index is 770. The van der Waals surface area contributed by atoms with E-state index in [0.29, 0.717) is 5.56 Å². The number of benzene rings is 1. The molecule has 1 heterocycles. The van der Waals surface area contributed by atoms with Crippen LogP contribution in [-0.2, 0) is 23.6 Å². The molecule has 0 bridgehead atoms. The van der Waals surface area contributed by atoms with Crippen molar-refractivity contribution in [2.75, 3.05) is 12.8 Å². The summed E-state index contributed by atoms with van der Waals surface area (Å²) in [6.07, 6.45) is 3.26. The Labute approximate surface area is 123 Å². The fourth-order valence-corrected chi connectivity index (χ4v) is 3.34. The molecule has 8 heteroatoms. The fraction of sp³-hybridized carbons (Fsp3) is 0.308. The normalized spacial score (nSPS) is 12.0. The van der Waals surface area contributed by atoms with E-state index >= 15 is 0 Å². The quantitative estimate of drug-likeness (QED) is 0.862. The number of aryl methyl sites for hydroxylation is 2. The van der Waals surface area contributed by atoms with Gasteiger partial charge >= 0.3 is 0 Å². The Hall–Kier alpha value is -1.93. The Kier molecular flexibility index (Phi) is 4.02. The Morgan fingerprint density at radius 1 is 1.43 bits per heavy atom. The highest BCUT2D eigenvalue weighted by Gasteiger charge is 2.26. The van der Waals surface area contributed by atoms with Crippen LogP contribution in [0.15, 0.2) is 29.4 Å². The third-order valence-electron chi connectivity index (χ3n) is 3.10. The van der Waals surface area contributed by atoms with Gasteiger partial charge in [-0.3, -0.25) is 4.68 Å². The van der Waals surface area contributed by atoms with Gasteiger partial charge in [0, 0.05) is 38.1 Å². The average molecular weight is 312 g/mol. The number of halogens is 1. The SMILES string of the molecule is Cc1cc(N)cc(S(=O)(=O)N(C)Cc2cnn(C)c2)c1F. The van der Waals surface area contributed by atoms with Crippen LogP contribution in [0.2, 0.25) is 0 Å². The number of anilines is 1. The van der Waals surface area contributed by atoms with E-state index in [1.54, 1.807) is 24.1 Å². The van der Waals surface area contributed by atoms with Crippen molar-refractivity contribution < 1.29 is 12.8 Å². The zero-order valence-electron chi connectivity index (χ0n) is 12.0. The number of nitrogen functional groups attached to an aromatic ring is 1. The van der Waals surface area contributed by atoms with Crippen molar-refractivity contribution in [1.29, 1.82) is 0 Å². The maximum absolute atomic E-state index is 14.1. The molecule has 2 N–H and O–H groups in total. The van der Waals surface area contributed by atoms with Crippen molar-refractivity contribution in [3.8, 4) is 0 Å². The van der Waals surface area contributed by atoms with Gasteiger partial charge in [0.15, 0.2) is 0 Å². The van der Waals surface area contributed by atoms with Crippen LogP contribution in [0, 0.1) is 12.7 Å². The molecule has 0 amide bonds. The molecule has 2 aromatic rings. The van der Waals surface area contributed by atoms with Crippen LogP contribution >= 0.6 is 0 Å². The molecule has 0 saturated carbocycles. The molecule has 0 spiro atoms. The molecule has 0 unspecified atom stereocenters. The van der Waals surface area contributed by atoms with Gasteiger partial charge in [-0.1, -0.05) is 0 Å². The lowest BCUT2D eigenvalue weighted by Crippen LogP contribution is -2.27. The number of nitrogens with two attached hydrogens (primary N) is 1. The summed E-state index contributed by atoms with van der Waals surface area (Å²) in [6.45, 7) is 1.58. The maximum atomic E-state index is 14.1. The van der Waals surface area contributed by atoms with Crippen molar-refractivity contribution in [1.82, 2.24) is 14.1 Å². The van der Waals surface area contributed by atoms with Crippen molar-refractivity contribution >= 4 is 15.7 Å². The van der Waals surface area contributed by atoms with Gasteiger partial charge in [0.1, 0.15) is 10.7 Å². The summed E-state index contributed by atoms with van der Waals surface area (Å²) in [5.41, 5.74) is 6.74. The molecule has 0 saturated heterocycles. The second-order valence-corrected chi connectivity index (χ2v) is 6.95. The first-order chi connectivity index (χ1) is 9.71. The van der Waals surface area contributed by atoms with E-state index in [1.807, 2.05) is 0 Å². The first kappa shape index (κ1) is 15.5. The highest BCUT2D eigenvalue weighted by Crippen LogP contribution is 2.24. The van der Waals surface area contributed by atoms with Gasteiger partial charge < -0.3 is 5.73 Å². The molecule has 0 atom stereocenters. The van der Waals surface area contributed by atoms with E-state index in [1.165, 1.54) is 20.0 Å². The second kappa shape index (κ2) is 5.45. The average Bonchev–Trinajstić information content (AvgIpc) is 2.79. The van der Waals surface area contributed by atoms with Crippen LogP contribution in [0.25, 0.3) is 0 Å². The van der Waals surface area contributed by atoms with Crippen LogP contribution in [0.1, 0.15) is 11.1 Å². The van der Waals surface area contributed by atoms with Crippen LogP contribution in [0.4, 0.5) is 10.1 Å². The highest BCUT2D eigenvalue weighted by atomic mass is 32.2. The van der Waals surface area contributed by atoms with Crippen LogP contribution in [-0.4, -0.2) is 29.6 Å². The lowest BCUT2D eigenvalue weighted by atomic mass is 10.2. The maximum Gasteiger partial charge on any atom is 0.246 e. The van der Waals surface area contributed by atoms with E-state index in [4.69, 9.17) is 5.73 Å². The van der Waals surface area contributed by atoms with Crippen LogP contribution in [0.3, 0.4) is 0 Å². The van der Waals surface area contributed by atoms with Gasteiger partial charge in [-0.25, -0.2) is 12.8 Å². The predicted octanol–water partition coefficient (Wildman–Crippen LogP) is 1.27. The summed E-state index contributed by atoms with van der Waals surface area (Å²) in [5.74, 6) is -0.776. The van der Waals surface area contributed by atoms with E-state index in [9.17, 15) is 12.8 Å². The Morgan fingerprint density at radius 3 is 2.67 bits per heavy atom. The van der Waals surface area contributed by atoms with Gasteiger partial charge in [-0.2, -0.15) is 9.40 Å². The molecule has 21 heavy (non-hydrogen) atoms. The molecular formula is C13H17FN4O2S. The van der Waals surface area contributed by atoms with Gasteiger partial charge in [0.05, 0.1) is 6.20 Å². The van der Waals surface area contributed by atoms with Gasteiger partial charge in [0.2, 0.25) is 10.0 Å². The van der Waals surface area contributed by atoms with Gasteiger partial charge in [0.25, 0.3) is 0 Å². The lowest BCUT2D eigenvalue weighted by Gasteiger charge is -2.17. The first-order valence-electron chi connectivity index (χ1n) is 6.21. The molecule has 1 aromatic carbocycles. The summed E-state index contributed by atoms with van der Waals surface area (Å²) >= 11 is 0. The number of aromatic nitrogens is 2. The Balaban J connectivity index is 2.37.